The van der Waals surface area contributed by atoms with Gasteiger partial charge >= 0.3 is 0 Å². The molecule has 0 radical (unpaired) electrons. The van der Waals surface area contributed by atoms with Gasteiger partial charge in [-0.2, -0.15) is 0 Å². The first-order chi connectivity index (χ1) is 19.5. The first kappa shape index (κ1) is 32.2. The Hall–Kier alpha value is -3.27. The Labute approximate surface area is 252 Å². The summed E-state index contributed by atoms with van der Waals surface area (Å²) in [7, 11) is -2.76. The van der Waals surface area contributed by atoms with E-state index in [1.807, 2.05) is 20.8 Å². The molecule has 0 aliphatic carbocycles. The molecule has 0 fully saturated rings. The third-order valence-corrected chi connectivity index (χ3v) is 8.85. The highest BCUT2D eigenvalue weighted by Gasteiger charge is 2.33. The third kappa shape index (κ3) is 8.15. The van der Waals surface area contributed by atoms with Crippen LogP contribution in [0, 0.1) is 6.92 Å². The van der Waals surface area contributed by atoms with Crippen molar-refractivity contribution in [3.63, 3.8) is 0 Å². The number of benzene rings is 3. The Morgan fingerprint density at radius 2 is 1.63 bits per heavy atom. The van der Waals surface area contributed by atoms with E-state index in [-0.39, 0.29) is 28.1 Å². The first-order valence-electron chi connectivity index (χ1n) is 13.3. The van der Waals surface area contributed by atoms with Gasteiger partial charge in [0.05, 0.1) is 22.7 Å². The van der Waals surface area contributed by atoms with Gasteiger partial charge < -0.3 is 15.0 Å². The van der Waals surface area contributed by atoms with E-state index >= 15 is 0 Å². The lowest BCUT2D eigenvalue weighted by Gasteiger charge is -2.33. The lowest BCUT2D eigenvalue weighted by molar-refractivity contribution is -0.140. The Kier molecular flexibility index (Phi) is 11.5. The molecule has 1 atom stereocenters. The summed E-state index contributed by atoms with van der Waals surface area (Å²) in [5.41, 5.74) is 1.81. The Balaban J connectivity index is 2.08. The molecule has 3 aromatic rings. The summed E-state index contributed by atoms with van der Waals surface area (Å²) in [5.74, 6) is -0.504. The number of ether oxygens (including phenoxy) is 1. The number of aryl methyl sites for hydroxylation is 1. The largest absolute Gasteiger partial charge is 0.495 e. The lowest BCUT2D eigenvalue weighted by atomic mass is 10.1. The Bertz CT molecular complexity index is 1450. The summed E-state index contributed by atoms with van der Waals surface area (Å²) in [6, 6.07) is 17.0. The number of nitrogens with zero attached hydrogens (tertiary/aromatic N) is 2. The second kappa shape index (κ2) is 14.6. The topological polar surface area (TPSA) is 96.0 Å². The summed E-state index contributed by atoms with van der Waals surface area (Å²) in [4.78, 5) is 28.7. The molecule has 2 amide bonds. The van der Waals surface area contributed by atoms with Crippen LogP contribution in [0.1, 0.15) is 37.8 Å². The zero-order valence-electron chi connectivity index (χ0n) is 23.6. The number of methoxy groups -OCH3 is 1. The zero-order valence-corrected chi connectivity index (χ0v) is 25.9. The Morgan fingerprint density at radius 1 is 0.976 bits per heavy atom. The highest BCUT2D eigenvalue weighted by atomic mass is 35.5. The predicted octanol–water partition coefficient (Wildman–Crippen LogP) is 5.84. The minimum Gasteiger partial charge on any atom is -0.495 e. The molecule has 0 unspecified atom stereocenters. The molecule has 41 heavy (non-hydrogen) atoms. The summed E-state index contributed by atoms with van der Waals surface area (Å²) < 4.78 is 34.2. The number of nitrogens with one attached hydrogen (secondary N) is 1. The number of carbonyl (C=O) groups is 2. The maximum Gasteiger partial charge on any atom is 0.264 e. The number of sulfonamides is 1. The lowest BCUT2D eigenvalue weighted by Crippen LogP contribution is -2.52. The number of amides is 2. The summed E-state index contributed by atoms with van der Waals surface area (Å²) >= 11 is 12.4. The maximum atomic E-state index is 14.1. The van der Waals surface area contributed by atoms with E-state index in [1.165, 1.54) is 36.3 Å². The second-order valence-corrected chi connectivity index (χ2v) is 12.2. The van der Waals surface area contributed by atoms with E-state index in [0.717, 1.165) is 21.9 Å². The molecule has 0 aliphatic heterocycles. The first-order valence-corrected chi connectivity index (χ1v) is 15.5. The fourth-order valence-corrected chi connectivity index (χ4v) is 6.03. The summed E-state index contributed by atoms with van der Waals surface area (Å²) in [6.45, 7) is 5.56. The van der Waals surface area contributed by atoms with Crippen LogP contribution >= 0.6 is 23.2 Å². The molecule has 0 heterocycles. The monoisotopic (exact) mass is 619 g/mol. The van der Waals surface area contributed by atoms with Gasteiger partial charge in [-0.25, -0.2) is 8.42 Å². The number of hydrogen-bond acceptors (Lipinski definition) is 5. The van der Waals surface area contributed by atoms with E-state index in [0.29, 0.717) is 23.7 Å². The van der Waals surface area contributed by atoms with Crippen molar-refractivity contribution >= 4 is 50.7 Å². The van der Waals surface area contributed by atoms with Gasteiger partial charge in [-0.1, -0.05) is 66.9 Å². The Morgan fingerprint density at radius 3 is 2.20 bits per heavy atom. The molecule has 0 aliphatic rings. The fourth-order valence-electron chi connectivity index (χ4n) is 4.25. The molecule has 0 bridgehead atoms. The van der Waals surface area contributed by atoms with E-state index in [1.54, 1.807) is 42.5 Å². The molecular formula is C30H35Cl2N3O5S. The van der Waals surface area contributed by atoms with E-state index in [9.17, 15) is 18.0 Å². The SMILES string of the molecule is CCCNC(=O)[C@@H](CC)N(Cc1ccc(Cl)cc1)C(=O)CN(c1ccc(OC)c(Cl)c1)S(=O)(=O)c1ccc(C)cc1. The van der Waals surface area contributed by atoms with Crippen molar-refractivity contribution in [2.75, 3.05) is 24.5 Å². The molecule has 1 N–H and O–H groups in total. The molecular weight excluding hydrogens is 585 g/mol. The van der Waals surface area contributed by atoms with Crippen LogP contribution in [0.25, 0.3) is 0 Å². The van der Waals surface area contributed by atoms with Crippen molar-refractivity contribution in [2.45, 2.75) is 51.1 Å². The van der Waals surface area contributed by atoms with Crippen LogP contribution in [-0.2, 0) is 26.2 Å². The average molecular weight is 621 g/mol. The minimum atomic E-state index is -4.21. The van der Waals surface area contributed by atoms with Crippen LogP contribution in [-0.4, -0.2) is 51.4 Å². The van der Waals surface area contributed by atoms with Gasteiger partial charge in [-0.3, -0.25) is 13.9 Å². The van der Waals surface area contributed by atoms with Gasteiger partial charge in [-0.05, 0) is 67.8 Å². The van der Waals surface area contributed by atoms with Crippen molar-refractivity contribution in [3.8, 4) is 5.75 Å². The van der Waals surface area contributed by atoms with E-state index in [2.05, 4.69) is 5.32 Å². The maximum absolute atomic E-state index is 14.1. The van der Waals surface area contributed by atoms with Crippen molar-refractivity contribution < 1.29 is 22.7 Å². The molecule has 0 aromatic heterocycles. The van der Waals surface area contributed by atoms with Crippen LogP contribution in [0.4, 0.5) is 5.69 Å². The number of hydrogen-bond donors (Lipinski definition) is 1. The quantitative estimate of drug-likeness (QED) is 0.259. The molecule has 11 heteroatoms. The number of halogens is 2. The van der Waals surface area contributed by atoms with Crippen LogP contribution in [0.15, 0.2) is 71.6 Å². The second-order valence-electron chi connectivity index (χ2n) is 9.51. The van der Waals surface area contributed by atoms with Gasteiger partial charge in [0.15, 0.2) is 0 Å². The van der Waals surface area contributed by atoms with Crippen molar-refractivity contribution in [1.82, 2.24) is 10.2 Å². The van der Waals surface area contributed by atoms with Crippen molar-refractivity contribution in [1.29, 1.82) is 0 Å². The van der Waals surface area contributed by atoms with Gasteiger partial charge in [0.25, 0.3) is 10.0 Å². The molecule has 0 saturated heterocycles. The summed E-state index contributed by atoms with van der Waals surface area (Å²) in [5, 5.41) is 3.58. The predicted molar refractivity (Wildman–Crippen MR) is 163 cm³/mol. The molecule has 8 nitrogen and oxygen atoms in total. The highest BCUT2D eigenvalue weighted by molar-refractivity contribution is 7.92. The van der Waals surface area contributed by atoms with Crippen LogP contribution in [0.2, 0.25) is 10.0 Å². The highest BCUT2D eigenvalue weighted by Crippen LogP contribution is 2.32. The van der Waals surface area contributed by atoms with Gasteiger partial charge in [0.2, 0.25) is 11.8 Å². The molecule has 220 valence electrons. The standard InChI is InChI=1S/C30H35Cl2N3O5S/c1-5-17-33-30(37)27(6-2)34(19-22-9-11-23(31)12-10-22)29(36)20-35(24-13-16-28(40-4)26(32)18-24)41(38,39)25-14-7-21(3)8-15-25/h7-16,18,27H,5-6,17,19-20H2,1-4H3,(H,33,37)/t27-/m1/s1. The smallest absolute Gasteiger partial charge is 0.264 e. The number of rotatable bonds is 13. The van der Waals surface area contributed by atoms with Crippen molar-refractivity contribution in [2.24, 2.45) is 0 Å². The number of anilines is 1. The van der Waals surface area contributed by atoms with Crippen LogP contribution < -0.4 is 14.4 Å². The van der Waals surface area contributed by atoms with E-state index < -0.39 is 28.5 Å². The fraction of sp³-hybridized carbons (Fsp3) is 0.333. The normalized spacial score (nSPS) is 12.0. The van der Waals surface area contributed by atoms with Gasteiger partial charge in [0.1, 0.15) is 18.3 Å². The van der Waals surface area contributed by atoms with Crippen molar-refractivity contribution in [3.05, 3.63) is 87.9 Å². The van der Waals surface area contributed by atoms with Gasteiger partial charge in [-0.15, -0.1) is 0 Å². The molecule has 3 rings (SSSR count). The number of carbonyl (C=O) groups excluding carboxylic acids is 2. The van der Waals surface area contributed by atoms with Gasteiger partial charge in [0, 0.05) is 18.1 Å². The molecule has 3 aromatic carbocycles. The zero-order chi connectivity index (χ0) is 30.2. The van der Waals surface area contributed by atoms with E-state index in [4.69, 9.17) is 27.9 Å². The summed E-state index contributed by atoms with van der Waals surface area (Å²) in [6.07, 6.45) is 1.06. The average Bonchev–Trinajstić information content (AvgIpc) is 2.95. The van der Waals surface area contributed by atoms with Crippen LogP contribution in [0.5, 0.6) is 5.75 Å². The molecule has 0 saturated carbocycles. The minimum absolute atomic E-state index is 0.0137. The molecule has 0 spiro atoms. The third-order valence-electron chi connectivity index (χ3n) is 6.51. The van der Waals surface area contributed by atoms with Crippen LogP contribution in [0.3, 0.4) is 0 Å².